The van der Waals surface area contributed by atoms with Gasteiger partial charge in [0.05, 0.1) is 5.22 Å². The topological polar surface area (TPSA) is 9.23 Å². The average Bonchev–Trinajstić information content (AvgIpc) is 2.14. The fourth-order valence-corrected chi connectivity index (χ4v) is 2.53. The fraction of sp³-hybridized carbons (Fsp3) is 0.818. The Hall–Kier alpha value is -0.0831. The van der Waals surface area contributed by atoms with E-state index in [9.17, 15) is 0 Å². The molecule has 1 heterocycles. The van der Waals surface area contributed by atoms with E-state index < -0.39 is 0 Å². The molecule has 0 aromatic rings. The predicted octanol–water partition coefficient (Wildman–Crippen LogP) is 1.99. The zero-order valence-electron chi connectivity index (χ0n) is 9.01. The van der Waals surface area contributed by atoms with E-state index in [0.717, 1.165) is 16.8 Å². The molecule has 1 aliphatic heterocycles. The van der Waals surface area contributed by atoms with Crippen LogP contribution in [0.4, 0.5) is 0 Å². The molecule has 0 saturated carbocycles. The molecule has 0 aliphatic carbocycles. The lowest BCUT2D eigenvalue weighted by atomic mass is 10.1. The molecule has 1 unspecified atom stereocenters. The van der Waals surface area contributed by atoms with Gasteiger partial charge in [-0.1, -0.05) is 31.9 Å². The first-order valence-corrected chi connectivity index (χ1v) is 6.58. The van der Waals surface area contributed by atoms with Crippen LogP contribution in [0.15, 0.2) is 12.2 Å². The van der Waals surface area contributed by atoms with Crippen molar-refractivity contribution in [2.75, 3.05) is 6.61 Å². The molecule has 13 heavy (non-hydrogen) atoms. The molecule has 0 radical (unpaired) electrons. The number of unbranched alkanes of at least 4 members (excludes halogenated alkanes) is 2. The van der Waals surface area contributed by atoms with Crippen LogP contribution in [0.25, 0.3) is 0 Å². The van der Waals surface area contributed by atoms with Crippen molar-refractivity contribution >= 4 is 10.2 Å². The summed E-state index contributed by atoms with van der Waals surface area (Å²) in [5.74, 6) is 0. The van der Waals surface area contributed by atoms with Gasteiger partial charge in [-0.25, -0.2) is 0 Å². The molecule has 1 saturated heterocycles. The lowest BCUT2D eigenvalue weighted by Gasteiger charge is -2.31. The molecule has 1 nitrogen and oxygen atoms in total. The molecule has 0 amide bonds. The Morgan fingerprint density at radius 1 is 1.46 bits per heavy atom. The Morgan fingerprint density at radius 2 is 2.31 bits per heavy atom. The van der Waals surface area contributed by atoms with Gasteiger partial charge in [0.2, 0.25) is 0 Å². The molecule has 0 aromatic heterocycles. The molecule has 1 atom stereocenters. The third-order valence-corrected chi connectivity index (χ3v) is 3.82. The first-order valence-electron chi connectivity index (χ1n) is 5.58. The van der Waals surface area contributed by atoms with Gasteiger partial charge in [0.1, 0.15) is 0 Å². The van der Waals surface area contributed by atoms with Crippen LogP contribution in [0.1, 0.15) is 45.4 Å². The third-order valence-electron chi connectivity index (χ3n) is 2.69. The summed E-state index contributed by atoms with van der Waals surface area (Å²) in [6.45, 7) is 3.21. The zero-order chi connectivity index (χ0) is 9.57. The minimum absolute atomic E-state index is 0.186. The maximum atomic E-state index is 5.82. The predicted molar refractivity (Wildman–Crippen MR) is 61.1 cm³/mol. The molecule has 1 rings (SSSR count). The quantitative estimate of drug-likeness (QED) is 0.381. The van der Waals surface area contributed by atoms with Crippen LogP contribution < -0.4 is 0 Å². The van der Waals surface area contributed by atoms with E-state index in [1.54, 1.807) is 0 Å². The van der Waals surface area contributed by atoms with Crippen molar-refractivity contribution in [2.24, 2.45) is 0 Å². The first-order chi connectivity index (χ1) is 6.27. The Morgan fingerprint density at radius 3 is 2.92 bits per heavy atom. The van der Waals surface area contributed by atoms with Gasteiger partial charge in [0.15, 0.2) is 0 Å². The summed E-state index contributed by atoms with van der Waals surface area (Å²) in [7, 11) is 1.14. The second-order valence-electron chi connectivity index (χ2n) is 4.16. The summed E-state index contributed by atoms with van der Waals surface area (Å²) in [6.07, 6.45) is 12.3. The van der Waals surface area contributed by atoms with E-state index >= 15 is 0 Å². The van der Waals surface area contributed by atoms with Crippen LogP contribution >= 0.6 is 0 Å². The summed E-state index contributed by atoms with van der Waals surface area (Å²) in [5, 5.41) is 0.186. The first kappa shape index (κ1) is 11.0. The number of ether oxygens (including phenoxy) is 1. The monoisotopic (exact) mass is 198 g/mol. The summed E-state index contributed by atoms with van der Waals surface area (Å²) in [5.41, 5.74) is 0. The van der Waals surface area contributed by atoms with Crippen molar-refractivity contribution in [3.63, 3.8) is 0 Å². The van der Waals surface area contributed by atoms with Gasteiger partial charge in [-0.3, -0.25) is 0 Å². The van der Waals surface area contributed by atoms with Crippen molar-refractivity contribution in [3.8, 4) is 0 Å². The molecule has 0 N–H and O–H groups in total. The molecular formula is C11H22OSi. The SMILES string of the molecule is CCCCC=CC1([SiH3])CCCCO1. The molecule has 76 valence electrons. The summed E-state index contributed by atoms with van der Waals surface area (Å²) in [6, 6.07) is 0. The largest absolute Gasteiger partial charge is 0.376 e. The lowest BCUT2D eigenvalue weighted by molar-refractivity contribution is 0.0152. The molecule has 0 aromatic carbocycles. The summed E-state index contributed by atoms with van der Waals surface area (Å²) >= 11 is 0. The van der Waals surface area contributed by atoms with Gasteiger partial charge in [-0.15, -0.1) is 0 Å². The fourth-order valence-electron chi connectivity index (χ4n) is 1.74. The molecule has 1 fully saturated rings. The van der Waals surface area contributed by atoms with Crippen LogP contribution in [0.3, 0.4) is 0 Å². The zero-order valence-corrected chi connectivity index (χ0v) is 11.0. The van der Waals surface area contributed by atoms with Gasteiger partial charge < -0.3 is 4.74 Å². The number of hydrogen-bond acceptors (Lipinski definition) is 1. The highest BCUT2D eigenvalue weighted by Gasteiger charge is 2.23. The van der Waals surface area contributed by atoms with Gasteiger partial charge in [0.25, 0.3) is 0 Å². The van der Waals surface area contributed by atoms with E-state index in [-0.39, 0.29) is 5.22 Å². The van der Waals surface area contributed by atoms with Crippen LogP contribution in [0.5, 0.6) is 0 Å². The van der Waals surface area contributed by atoms with Gasteiger partial charge >= 0.3 is 0 Å². The minimum atomic E-state index is 0.186. The van der Waals surface area contributed by atoms with Crippen LogP contribution in [0.2, 0.25) is 0 Å². The minimum Gasteiger partial charge on any atom is -0.376 e. The van der Waals surface area contributed by atoms with Gasteiger partial charge in [-0.05, 0) is 25.7 Å². The van der Waals surface area contributed by atoms with E-state index in [4.69, 9.17) is 4.74 Å². The van der Waals surface area contributed by atoms with E-state index in [1.807, 2.05) is 0 Å². The maximum absolute atomic E-state index is 5.82. The highest BCUT2D eigenvalue weighted by atomic mass is 28.1. The van der Waals surface area contributed by atoms with Crippen molar-refractivity contribution in [1.29, 1.82) is 0 Å². The van der Waals surface area contributed by atoms with Gasteiger partial charge in [0, 0.05) is 16.8 Å². The average molecular weight is 198 g/mol. The Balaban J connectivity index is 2.27. The van der Waals surface area contributed by atoms with Crippen molar-refractivity contribution in [2.45, 2.75) is 50.7 Å². The van der Waals surface area contributed by atoms with Crippen molar-refractivity contribution in [1.82, 2.24) is 0 Å². The molecule has 0 spiro atoms. The van der Waals surface area contributed by atoms with E-state index in [0.29, 0.717) is 0 Å². The Bertz CT molecular complexity index is 159. The number of rotatable bonds is 4. The van der Waals surface area contributed by atoms with Crippen molar-refractivity contribution < 1.29 is 4.74 Å². The maximum Gasteiger partial charge on any atom is 0.0655 e. The van der Waals surface area contributed by atoms with Crippen LogP contribution in [-0.2, 0) is 4.74 Å². The Kier molecular flexibility index (Phi) is 4.74. The summed E-state index contributed by atoms with van der Waals surface area (Å²) < 4.78 is 5.82. The molecule has 1 aliphatic rings. The van der Waals surface area contributed by atoms with E-state index in [2.05, 4.69) is 19.1 Å². The van der Waals surface area contributed by atoms with E-state index in [1.165, 1.54) is 38.5 Å². The van der Waals surface area contributed by atoms with Crippen LogP contribution in [-0.4, -0.2) is 22.1 Å². The number of hydrogen-bond donors (Lipinski definition) is 0. The second kappa shape index (κ2) is 5.61. The molecule has 2 heteroatoms. The highest BCUT2D eigenvalue weighted by molar-refractivity contribution is 6.16. The molecule has 0 bridgehead atoms. The smallest absolute Gasteiger partial charge is 0.0655 e. The number of allylic oxidation sites excluding steroid dienone is 1. The molecular weight excluding hydrogens is 176 g/mol. The van der Waals surface area contributed by atoms with Crippen LogP contribution in [0, 0.1) is 0 Å². The highest BCUT2D eigenvalue weighted by Crippen LogP contribution is 2.23. The lowest BCUT2D eigenvalue weighted by Crippen LogP contribution is -2.34. The van der Waals surface area contributed by atoms with Crippen molar-refractivity contribution in [3.05, 3.63) is 12.2 Å². The second-order valence-corrected chi connectivity index (χ2v) is 5.86. The summed E-state index contributed by atoms with van der Waals surface area (Å²) in [4.78, 5) is 0. The standard InChI is InChI=1S/C11H22OSi/c1-2-3-4-5-8-11(13)9-6-7-10-12-11/h5,8H,2-4,6-7,9-10H2,1,13H3. The third kappa shape index (κ3) is 4.10. The Labute approximate surface area is 85.0 Å². The normalized spacial score (nSPS) is 29.9. The van der Waals surface area contributed by atoms with Gasteiger partial charge in [-0.2, -0.15) is 0 Å².